The van der Waals surface area contributed by atoms with E-state index in [0.29, 0.717) is 5.71 Å². The van der Waals surface area contributed by atoms with E-state index in [-0.39, 0.29) is 0 Å². The number of rotatable bonds is 0. The first-order valence-electron chi connectivity index (χ1n) is 3.89. The number of aryl methyl sites for hydroxylation is 1. The topological polar surface area (TPSA) is 36.7 Å². The van der Waals surface area contributed by atoms with Gasteiger partial charge >= 0.3 is 0 Å². The third-order valence-electron chi connectivity index (χ3n) is 2.05. The van der Waals surface area contributed by atoms with Crippen molar-refractivity contribution in [1.82, 2.24) is 4.98 Å². The number of aromatic nitrogens is 1. The summed E-state index contributed by atoms with van der Waals surface area (Å²) in [5, 5.41) is 7.61. The quantitative estimate of drug-likeness (QED) is 0.595. The zero-order chi connectivity index (χ0) is 7.68. The van der Waals surface area contributed by atoms with Crippen LogP contribution < -0.4 is 0 Å². The molecule has 0 atom stereocenters. The highest BCUT2D eigenvalue weighted by Gasteiger charge is 2.13. The molecule has 0 amide bonds. The van der Waals surface area contributed by atoms with Crippen molar-refractivity contribution in [2.45, 2.75) is 19.3 Å². The van der Waals surface area contributed by atoms with Crippen LogP contribution in [0.4, 0.5) is 0 Å². The molecule has 0 fully saturated rings. The maximum Gasteiger partial charge on any atom is 0.0869 e. The lowest BCUT2D eigenvalue weighted by molar-refractivity contribution is 0.823. The Morgan fingerprint density at radius 3 is 3.09 bits per heavy atom. The SMILES string of the molecule is N=C1CCCc2cccnc21. The van der Waals surface area contributed by atoms with Gasteiger partial charge in [0.1, 0.15) is 0 Å². The fraction of sp³-hybridized carbons (Fsp3) is 0.333. The smallest absolute Gasteiger partial charge is 0.0869 e. The second-order valence-corrected chi connectivity index (χ2v) is 2.84. The molecule has 1 aromatic rings. The van der Waals surface area contributed by atoms with Crippen molar-refractivity contribution >= 4 is 5.71 Å². The maximum absolute atomic E-state index is 7.61. The third kappa shape index (κ3) is 1.04. The van der Waals surface area contributed by atoms with E-state index >= 15 is 0 Å². The van der Waals surface area contributed by atoms with E-state index in [1.54, 1.807) is 6.20 Å². The molecule has 1 aliphatic carbocycles. The number of nitrogens with one attached hydrogen (secondary N) is 1. The molecule has 1 heterocycles. The monoisotopic (exact) mass is 146 g/mol. The minimum absolute atomic E-state index is 0.701. The fourth-order valence-corrected chi connectivity index (χ4v) is 1.49. The lowest BCUT2D eigenvalue weighted by Crippen LogP contribution is -2.12. The molecule has 0 aliphatic heterocycles. The van der Waals surface area contributed by atoms with Crippen LogP contribution in [0.15, 0.2) is 18.3 Å². The second kappa shape index (κ2) is 2.46. The van der Waals surface area contributed by atoms with Crippen LogP contribution in [-0.2, 0) is 6.42 Å². The Kier molecular flexibility index (Phi) is 1.46. The Balaban J connectivity index is 2.52. The van der Waals surface area contributed by atoms with Crippen LogP contribution in [0.2, 0.25) is 0 Å². The van der Waals surface area contributed by atoms with Crippen LogP contribution in [-0.4, -0.2) is 10.7 Å². The van der Waals surface area contributed by atoms with Gasteiger partial charge in [0.25, 0.3) is 0 Å². The van der Waals surface area contributed by atoms with E-state index in [4.69, 9.17) is 5.41 Å². The molecular weight excluding hydrogens is 136 g/mol. The van der Waals surface area contributed by atoms with E-state index in [1.165, 1.54) is 5.56 Å². The number of hydrogen-bond acceptors (Lipinski definition) is 2. The van der Waals surface area contributed by atoms with Gasteiger partial charge in [0, 0.05) is 6.20 Å². The number of fused-ring (bicyclic) bond motifs is 1. The molecule has 0 unspecified atom stereocenters. The fourth-order valence-electron chi connectivity index (χ4n) is 1.49. The molecule has 2 rings (SSSR count). The highest BCUT2D eigenvalue weighted by atomic mass is 14.7. The lowest BCUT2D eigenvalue weighted by Gasteiger charge is -2.14. The Bertz CT molecular complexity index is 291. The predicted octanol–water partition coefficient (Wildman–Crippen LogP) is 1.79. The molecule has 1 aliphatic rings. The highest BCUT2D eigenvalue weighted by molar-refractivity contribution is 5.98. The summed E-state index contributed by atoms with van der Waals surface area (Å²) < 4.78 is 0. The molecule has 0 aromatic carbocycles. The minimum atomic E-state index is 0.701. The second-order valence-electron chi connectivity index (χ2n) is 2.84. The Hall–Kier alpha value is -1.18. The van der Waals surface area contributed by atoms with Crippen molar-refractivity contribution in [1.29, 1.82) is 5.41 Å². The molecule has 1 aromatic heterocycles. The average molecular weight is 146 g/mol. The van der Waals surface area contributed by atoms with Crippen molar-refractivity contribution < 1.29 is 0 Å². The Morgan fingerprint density at radius 2 is 2.27 bits per heavy atom. The Labute approximate surface area is 65.8 Å². The van der Waals surface area contributed by atoms with E-state index in [0.717, 1.165) is 25.0 Å². The van der Waals surface area contributed by atoms with Gasteiger partial charge < -0.3 is 5.41 Å². The van der Waals surface area contributed by atoms with Crippen LogP contribution in [0, 0.1) is 5.41 Å². The summed E-state index contributed by atoms with van der Waals surface area (Å²) >= 11 is 0. The standard InChI is InChI=1S/C9H10N2/c10-8-5-1-3-7-4-2-6-11-9(7)8/h2,4,6,10H,1,3,5H2. The van der Waals surface area contributed by atoms with E-state index < -0.39 is 0 Å². The van der Waals surface area contributed by atoms with Crippen LogP contribution in [0.3, 0.4) is 0 Å². The van der Waals surface area contributed by atoms with Crippen molar-refractivity contribution in [2.24, 2.45) is 0 Å². The zero-order valence-corrected chi connectivity index (χ0v) is 6.30. The van der Waals surface area contributed by atoms with E-state index in [1.807, 2.05) is 6.07 Å². The molecule has 0 radical (unpaired) electrons. The minimum Gasteiger partial charge on any atom is -0.303 e. The maximum atomic E-state index is 7.61. The summed E-state index contributed by atoms with van der Waals surface area (Å²) in [6.45, 7) is 0. The summed E-state index contributed by atoms with van der Waals surface area (Å²) in [5.41, 5.74) is 2.86. The summed E-state index contributed by atoms with van der Waals surface area (Å²) in [6.07, 6.45) is 4.85. The normalized spacial score (nSPS) is 16.2. The first kappa shape index (κ1) is 6.53. The molecule has 2 nitrogen and oxygen atoms in total. The molecule has 2 heteroatoms. The number of hydrogen-bond donors (Lipinski definition) is 1. The van der Waals surface area contributed by atoms with Gasteiger partial charge in [-0.15, -0.1) is 0 Å². The van der Waals surface area contributed by atoms with E-state index in [9.17, 15) is 0 Å². The molecule has 1 N–H and O–H groups in total. The summed E-state index contributed by atoms with van der Waals surface area (Å²) in [7, 11) is 0. The Morgan fingerprint density at radius 1 is 1.36 bits per heavy atom. The molecule has 0 saturated carbocycles. The molecule has 56 valence electrons. The summed E-state index contributed by atoms with van der Waals surface area (Å²) in [6, 6.07) is 4.01. The van der Waals surface area contributed by atoms with Crippen molar-refractivity contribution in [2.75, 3.05) is 0 Å². The van der Waals surface area contributed by atoms with Crippen molar-refractivity contribution in [3.8, 4) is 0 Å². The third-order valence-corrected chi connectivity index (χ3v) is 2.05. The summed E-state index contributed by atoms with van der Waals surface area (Å²) in [5.74, 6) is 0. The van der Waals surface area contributed by atoms with Gasteiger partial charge in [-0.1, -0.05) is 6.07 Å². The first-order valence-corrected chi connectivity index (χ1v) is 3.89. The van der Waals surface area contributed by atoms with Gasteiger partial charge in [0.15, 0.2) is 0 Å². The van der Waals surface area contributed by atoms with Crippen LogP contribution in [0.1, 0.15) is 24.1 Å². The average Bonchev–Trinajstić information content (AvgIpc) is 2.06. The zero-order valence-electron chi connectivity index (χ0n) is 6.30. The van der Waals surface area contributed by atoms with Crippen LogP contribution >= 0.6 is 0 Å². The number of pyridine rings is 1. The predicted molar refractivity (Wildman–Crippen MR) is 44.0 cm³/mol. The molecule has 0 saturated heterocycles. The summed E-state index contributed by atoms with van der Waals surface area (Å²) in [4.78, 5) is 4.18. The van der Waals surface area contributed by atoms with Crippen molar-refractivity contribution in [3.05, 3.63) is 29.6 Å². The van der Waals surface area contributed by atoms with Gasteiger partial charge in [0.05, 0.1) is 11.4 Å². The molecular formula is C9H10N2. The largest absolute Gasteiger partial charge is 0.303 e. The lowest BCUT2D eigenvalue weighted by atomic mass is 9.95. The van der Waals surface area contributed by atoms with Gasteiger partial charge in [-0.05, 0) is 30.9 Å². The highest BCUT2D eigenvalue weighted by Crippen LogP contribution is 2.17. The van der Waals surface area contributed by atoms with Gasteiger partial charge in [-0.25, -0.2) is 0 Å². The van der Waals surface area contributed by atoms with Crippen LogP contribution in [0.5, 0.6) is 0 Å². The molecule has 0 bridgehead atoms. The van der Waals surface area contributed by atoms with Gasteiger partial charge in [-0.2, -0.15) is 0 Å². The van der Waals surface area contributed by atoms with Crippen LogP contribution in [0.25, 0.3) is 0 Å². The van der Waals surface area contributed by atoms with E-state index in [2.05, 4.69) is 11.1 Å². The van der Waals surface area contributed by atoms with Gasteiger partial charge in [0.2, 0.25) is 0 Å². The van der Waals surface area contributed by atoms with Crippen molar-refractivity contribution in [3.63, 3.8) is 0 Å². The first-order chi connectivity index (χ1) is 5.38. The molecule has 11 heavy (non-hydrogen) atoms. The molecule has 0 spiro atoms. The van der Waals surface area contributed by atoms with Gasteiger partial charge in [-0.3, -0.25) is 4.98 Å². The number of nitrogens with zero attached hydrogens (tertiary/aromatic N) is 1.